The molecule has 5 heteroatoms. The summed E-state index contributed by atoms with van der Waals surface area (Å²) < 4.78 is 2.99. The Hall–Kier alpha value is -1.59. The van der Waals surface area contributed by atoms with Gasteiger partial charge in [0.1, 0.15) is 11.4 Å². The number of amides is 1. The van der Waals surface area contributed by atoms with Crippen LogP contribution in [0.3, 0.4) is 0 Å². The summed E-state index contributed by atoms with van der Waals surface area (Å²) in [4.78, 5) is 14.7. The number of nitrogens with zero attached hydrogens (tertiary/aromatic N) is 2. The second-order valence-corrected chi connectivity index (χ2v) is 6.05. The number of carbonyl (C=O) groups excluding carboxylic acids is 1. The number of aromatic nitrogens is 1. The minimum Gasteiger partial charge on any atom is -0.327 e. The highest BCUT2D eigenvalue weighted by Gasteiger charge is 2.49. The first kappa shape index (κ1) is 15.3. The first-order valence-electron chi connectivity index (χ1n) is 7.70. The zero-order valence-corrected chi connectivity index (χ0v) is 14.4. The van der Waals surface area contributed by atoms with E-state index in [2.05, 4.69) is 33.4 Å². The summed E-state index contributed by atoms with van der Waals surface area (Å²) in [7, 11) is 0. The molecule has 22 heavy (non-hydrogen) atoms. The summed E-state index contributed by atoms with van der Waals surface area (Å²) in [5, 5.41) is 3.54. The van der Waals surface area contributed by atoms with Gasteiger partial charge >= 0.3 is 0 Å². The Balaban J connectivity index is 0.000000693. The maximum atomic E-state index is 12.7. The minimum atomic E-state index is -0.424. The van der Waals surface area contributed by atoms with Gasteiger partial charge in [0.05, 0.1) is 11.1 Å². The molecule has 1 N–H and O–H groups in total. The van der Waals surface area contributed by atoms with Crippen molar-refractivity contribution in [3.8, 4) is 0 Å². The number of carbonyl (C=O) groups is 1. The van der Waals surface area contributed by atoms with Gasteiger partial charge in [-0.05, 0) is 33.6 Å². The number of rotatable bonds is 1. The van der Waals surface area contributed by atoms with Crippen LogP contribution in [-0.2, 0) is 12.2 Å². The topological polar surface area (TPSA) is 37.3 Å². The Morgan fingerprint density at radius 2 is 1.86 bits per heavy atom. The van der Waals surface area contributed by atoms with Gasteiger partial charge in [0.25, 0.3) is 5.91 Å². The van der Waals surface area contributed by atoms with Crippen LogP contribution in [0.15, 0.2) is 47.1 Å². The number of hydrogen-bond donors (Lipinski definition) is 1. The zero-order chi connectivity index (χ0) is 15.7. The quantitative estimate of drug-likeness (QED) is 0.846. The van der Waals surface area contributed by atoms with E-state index in [1.54, 1.807) is 0 Å². The molecule has 1 saturated heterocycles. The molecule has 0 aliphatic carbocycles. The summed E-state index contributed by atoms with van der Waals surface area (Å²) in [5.41, 5.74) is 1.47. The van der Waals surface area contributed by atoms with Gasteiger partial charge in [-0.25, -0.2) is 0 Å². The highest BCUT2D eigenvalue weighted by molar-refractivity contribution is 9.10. The Labute approximate surface area is 139 Å². The maximum absolute atomic E-state index is 12.7. The number of nitrogens with one attached hydrogen (secondary N) is 1. The Bertz CT molecular complexity index is 682. The van der Waals surface area contributed by atoms with Gasteiger partial charge in [0.15, 0.2) is 0 Å². The summed E-state index contributed by atoms with van der Waals surface area (Å²) in [5.74, 6) is 0.0933. The van der Waals surface area contributed by atoms with E-state index in [1.807, 2.05) is 53.6 Å². The van der Waals surface area contributed by atoms with Crippen LogP contribution in [0, 0.1) is 0 Å². The van der Waals surface area contributed by atoms with Crippen LogP contribution < -0.4 is 5.32 Å². The fraction of sp³-hybridized carbons (Fsp3) is 0.353. The molecule has 1 aromatic carbocycles. The first-order chi connectivity index (χ1) is 10.7. The molecule has 1 aromatic heterocycles. The molecule has 0 spiro atoms. The maximum Gasteiger partial charge on any atom is 0.272 e. The van der Waals surface area contributed by atoms with Crippen LogP contribution in [0.4, 0.5) is 0 Å². The van der Waals surface area contributed by atoms with E-state index in [0.717, 1.165) is 35.5 Å². The molecule has 1 amide bonds. The molecular formula is C17H20BrN3O. The summed E-state index contributed by atoms with van der Waals surface area (Å²) in [6, 6.07) is 14.0. The molecule has 3 heterocycles. The normalized spacial score (nSPS) is 22.7. The Morgan fingerprint density at radius 3 is 2.59 bits per heavy atom. The van der Waals surface area contributed by atoms with Crippen molar-refractivity contribution >= 4 is 21.8 Å². The van der Waals surface area contributed by atoms with Crippen molar-refractivity contribution in [1.29, 1.82) is 0 Å². The van der Waals surface area contributed by atoms with Gasteiger partial charge in [-0.1, -0.05) is 44.2 Å². The van der Waals surface area contributed by atoms with Crippen molar-refractivity contribution in [3.05, 3.63) is 58.3 Å². The van der Waals surface area contributed by atoms with Gasteiger partial charge in [0.2, 0.25) is 0 Å². The fourth-order valence-corrected chi connectivity index (χ4v) is 3.75. The zero-order valence-electron chi connectivity index (χ0n) is 12.8. The molecule has 2 aliphatic heterocycles. The lowest BCUT2D eigenvalue weighted by atomic mass is 9.96. The van der Waals surface area contributed by atoms with Crippen LogP contribution in [-0.4, -0.2) is 28.5 Å². The smallest absolute Gasteiger partial charge is 0.272 e. The highest BCUT2D eigenvalue weighted by atomic mass is 79.9. The lowest BCUT2D eigenvalue weighted by Crippen LogP contribution is -2.57. The third kappa shape index (κ3) is 2.11. The monoisotopic (exact) mass is 361 g/mol. The standard InChI is InChI=1S/C15H14BrN3O.C2H6/c16-13-7-6-12-14(20)19-9-8-17-15(19,10-18(12)13)11-4-2-1-3-5-11;1-2/h1-7,17H,8-10H2;1-2H3. The van der Waals surface area contributed by atoms with E-state index in [1.165, 1.54) is 0 Å². The molecule has 1 fully saturated rings. The van der Waals surface area contributed by atoms with E-state index in [-0.39, 0.29) is 5.91 Å². The van der Waals surface area contributed by atoms with E-state index in [9.17, 15) is 4.79 Å². The van der Waals surface area contributed by atoms with Crippen LogP contribution in [0.2, 0.25) is 0 Å². The second kappa shape index (κ2) is 5.89. The molecule has 116 valence electrons. The molecule has 1 atom stereocenters. The molecular weight excluding hydrogens is 342 g/mol. The van der Waals surface area contributed by atoms with E-state index in [0.29, 0.717) is 0 Å². The molecule has 0 radical (unpaired) electrons. The predicted molar refractivity (Wildman–Crippen MR) is 90.6 cm³/mol. The van der Waals surface area contributed by atoms with E-state index >= 15 is 0 Å². The summed E-state index contributed by atoms with van der Waals surface area (Å²) in [6.45, 7) is 6.30. The van der Waals surface area contributed by atoms with E-state index in [4.69, 9.17) is 0 Å². The number of hydrogen-bond acceptors (Lipinski definition) is 2. The van der Waals surface area contributed by atoms with Crippen LogP contribution in [0.25, 0.3) is 0 Å². The average molecular weight is 362 g/mol. The van der Waals surface area contributed by atoms with Crippen molar-refractivity contribution in [2.75, 3.05) is 13.1 Å². The fourth-order valence-electron chi connectivity index (χ4n) is 3.30. The molecule has 2 aromatic rings. The Morgan fingerprint density at radius 1 is 1.14 bits per heavy atom. The average Bonchev–Trinajstić information content (AvgIpc) is 3.16. The molecule has 0 bridgehead atoms. The van der Waals surface area contributed by atoms with Gasteiger partial charge in [-0.15, -0.1) is 0 Å². The SMILES string of the molecule is CC.O=C1c2ccc(Br)n2CC2(c3ccccc3)NCCN12. The van der Waals surface area contributed by atoms with E-state index < -0.39 is 5.66 Å². The molecule has 0 saturated carbocycles. The van der Waals surface area contributed by atoms with Crippen LogP contribution in [0.5, 0.6) is 0 Å². The molecule has 1 unspecified atom stereocenters. The molecule has 4 nitrogen and oxygen atoms in total. The van der Waals surface area contributed by atoms with Gasteiger partial charge in [-0.3, -0.25) is 10.1 Å². The van der Waals surface area contributed by atoms with Gasteiger partial charge in [0, 0.05) is 13.1 Å². The minimum absolute atomic E-state index is 0.0933. The predicted octanol–water partition coefficient (Wildman–Crippen LogP) is 3.19. The van der Waals surface area contributed by atoms with Crippen molar-refractivity contribution in [1.82, 2.24) is 14.8 Å². The number of fused-ring (bicyclic) bond motifs is 2. The lowest BCUT2D eigenvalue weighted by molar-refractivity contribution is 0.0394. The van der Waals surface area contributed by atoms with Crippen molar-refractivity contribution in [2.24, 2.45) is 0 Å². The lowest BCUT2D eigenvalue weighted by Gasteiger charge is -2.43. The Kier molecular flexibility index (Phi) is 4.10. The third-order valence-electron chi connectivity index (χ3n) is 4.24. The molecule has 2 aliphatic rings. The summed E-state index contributed by atoms with van der Waals surface area (Å²) >= 11 is 3.54. The second-order valence-electron chi connectivity index (χ2n) is 5.24. The van der Waals surface area contributed by atoms with Crippen LogP contribution in [0.1, 0.15) is 29.9 Å². The third-order valence-corrected chi connectivity index (χ3v) is 4.94. The van der Waals surface area contributed by atoms with Gasteiger partial charge in [-0.2, -0.15) is 0 Å². The summed E-state index contributed by atoms with van der Waals surface area (Å²) in [6.07, 6.45) is 0. The first-order valence-corrected chi connectivity index (χ1v) is 8.49. The number of benzene rings is 1. The number of halogens is 1. The van der Waals surface area contributed by atoms with Crippen LogP contribution >= 0.6 is 15.9 Å². The highest BCUT2D eigenvalue weighted by Crippen LogP contribution is 2.38. The van der Waals surface area contributed by atoms with Crippen molar-refractivity contribution < 1.29 is 4.79 Å². The molecule has 4 rings (SSSR count). The van der Waals surface area contributed by atoms with Crippen molar-refractivity contribution in [3.63, 3.8) is 0 Å². The van der Waals surface area contributed by atoms with Crippen molar-refractivity contribution in [2.45, 2.75) is 26.1 Å². The van der Waals surface area contributed by atoms with Gasteiger partial charge < -0.3 is 9.47 Å². The largest absolute Gasteiger partial charge is 0.327 e.